The Morgan fingerprint density at radius 1 is 1.15 bits per heavy atom. The highest BCUT2D eigenvalue weighted by Crippen LogP contribution is 2.33. The molecule has 0 N–H and O–H groups in total. The molecule has 1 aromatic heterocycles. The van der Waals surface area contributed by atoms with Gasteiger partial charge in [0.1, 0.15) is 0 Å². The van der Waals surface area contributed by atoms with Gasteiger partial charge in [-0.25, -0.2) is 13.4 Å². The normalized spacial score (nSPS) is 15.0. The fourth-order valence-corrected chi connectivity index (χ4v) is 6.09. The highest BCUT2D eigenvalue weighted by molar-refractivity contribution is 7.91. The second-order valence-electron chi connectivity index (χ2n) is 8.62. The van der Waals surface area contributed by atoms with Crippen molar-refractivity contribution in [1.82, 2.24) is 9.88 Å². The summed E-state index contributed by atoms with van der Waals surface area (Å²) in [7, 11) is -3.32. The summed E-state index contributed by atoms with van der Waals surface area (Å²) in [6.45, 7) is 10.4. The van der Waals surface area contributed by atoms with E-state index in [0.29, 0.717) is 17.2 Å². The van der Waals surface area contributed by atoms with Gasteiger partial charge in [0, 0.05) is 31.7 Å². The number of aryl methyl sites for hydroxylation is 2. The van der Waals surface area contributed by atoms with Gasteiger partial charge in [-0.1, -0.05) is 24.3 Å². The Labute approximate surface area is 205 Å². The molecule has 2 heterocycles. The number of sulfone groups is 1. The van der Waals surface area contributed by atoms with Gasteiger partial charge in [-0.3, -0.25) is 14.6 Å². The van der Waals surface area contributed by atoms with Crippen LogP contribution in [0.3, 0.4) is 0 Å². The minimum atomic E-state index is -3.32. The van der Waals surface area contributed by atoms with E-state index in [0.717, 1.165) is 60.6 Å². The van der Waals surface area contributed by atoms with Crippen LogP contribution in [-0.4, -0.2) is 69.4 Å². The number of fused-ring (bicyclic) bond motifs is 1. The summed E-state index contributed by atoms with van der Waals surface area (Å²) in [4.78, 5) is 22.7. The van der Waals surface area contributed by atoms with Crippen LogP contribution in [-0.2, 0) is 14.6 Å². The van der Waals surface area contributed by atoms with Gasteiger partial charge in [0.25, 0.3) is 5.91 Å². The topological polar surface area (TPSA) is 79.8 Å². The number of amides is 1. The smallest absolute Gasteiger partial charge is 0.260 e. The molecule has 7 nitrogen and oxygen atoms in total. The fraction of sp³-hybridized carbons (Fsp3) is 0.440. The summed E-state index contributed by atoms with van der Waals surface area (Å²) in [5.41, 5.74) is 3.63. The molecule has 1 aliphatic heterocycles. The summed E-state index contributed by atoms with van der Waals surface area (Å²) < 4.78 is 30.9. The average Bonchev–Trinajstić information content (AvgIpc) is 3.26. The molecule has 0 bridgehead atoms. The maximum absolute atomic E-state index is 13.6. The second-order valence-corrected chi connectivity index (χ2v) is 11.9. The monoisotopic (exact) mass is 501 g/mol. The first-order chi connectivity index (χ1) is 16.3. The molecule has 1 amide bonds. The van der Waals surface area contributed by atoms with E-state index in [1.54, 1.807) is 24.0 Å². The number of thiazole rings is 1. The molecule has 182 valence electrons. The number of rotatable bonds is 8. The number of ether oxygens (including phenoxy) is 1. The third-order valence-electron chi connectivity index (χ3n) is 6.09. The largest absolute Gasteiger partial charge is 0.379 e. The van der Waals surface area contributed by atoms with Crippen molar-refractivity contribution in [2.75, 3.05) is 50.0 Å². The average molecular weight is 502 g/mol. The number of aromatic nitrogens is 1. The quantitative estimate of drug-likeness (QED) is 0.463. The maximum Gasteiger partial charge on any atom is 0.260 e. The van der Waals surface area contributed by atoms with E-state index in [4.69, 9.17) is 9.72 Å². The van der Waals surface area contributed by atoms with Crippen molar-refractivity contribution in [3.63, 3.8) is 0 Å². The number of hydrogen-bond donors (Lipinski definition) is 0. The van der Waals surface area contributed by atoms with Crippen LogP contribution in [0.2, 0.25) is 0 Å². The Bertz CT molecular complexity index is 1260. The highest BCUT2D eigenvalue weighted by atomic mass is 32.2. The molecular formula is C25H31N3O4S2. The Morgan fingerprint density at radius 2 is 1.85 bits per heavy atom. The van der Waals surface area contributed by atoms with Crippen LogP contribution in [0.15, 0.2) is 41.3 Å². The Balaban J connectivity index is 1.61. The molecule has 0 radical (unpaired) electrons. The van der Waals surface area contributed by atoms with Gasteiger partial charge >= 0.3 is 0 Å². The van der Waals surface area contributed by atoms with E-state index in [1.165, 1.54) is 23.5 Å². The van der Waals surface area contributed by atoms with Crippen LogP contribution >= 0.6 is 11.3 Å². The van der Waals surface area contributed by atoms with Gasteiger partial charge in [0.2, 0.25) is 0 Å². The van der Waals surface area contributed by atoms with Gasteiger partial charge < -0.3 is 4.74 Å². The molecule has 1 saturated heterocycles. The molecule has 34 heavy (non-hydrogen) atoms. The summed E-state index contributed by atoms with van der Waals surface area (Å²) in [6, 6.07) is 10.4. The van der Waals surface area contributed by atoms with E-state index < -0.39 is 9.84 Å². The number of benzene rings is 2. The van der Waals surface area contributed by atoms with Gasteiger partial charge in [-0.2, -0.15) is 0 Å². The molecule has 0 unspecified atom stereocenters. The summed E-state index contributed by atoms with van der Waals surface area (Å²) >= 11 is 1.53. The zero-order valence-corrected chi connectivity index (χ0v) is 21.5. The highest BCUT2D eigenvalue weighted by Gasteiger charge is 2.23. The number of carbonyl (C=O) groups is 1. The molecule has 1 fully saturated rings. The summed E-state index contributed by atoms with van der Waals surface area (Å²) in [6.07, 6.45) is 0.808. The summed E-state index contributed by atoms with van der Waals surface area (Å²) in [5.74, 6) is -0.144. The van der Waals surface area contributed by atoms with Gasteiger partial charge in [-0.15, -0.1) is 0 Å². The lowest BCUT2D eigenvalue weighted by molar-refractivity contribution is 0.0376. The molecule has 1 aliphatic rings. The molecule has 0 aliphatic carbocycles. The van der Waals surface area contributed by atoms with Crippen LogP contribution in [0.4, 0.5) is 5.13 Å². The predicted molar refractivity (Wildman–Crippen MR) is 137 cm³/mol. The van der Waals surface area contributed by atoms with Crippen molar-refractivity contribution in [2.45, 2.75) is 32.1 Å². The first kappa shape index (κ1) is 24.8. The lowest BCUT2D eigenvalue weighted by Crippen LogP contribution is -2.39. The maximum atomic E-state index is 13.6. The van der Waals surface area contributed by atoms with Crippen LogP contribution in [0.1, 0.15) is 34.8 Å². The van der Waals surface area contributed by atoms with E-state index >= 15 is 0 Å². The Morgan fingerprint density at radius 3 is 2.53 bits per heavy atom. The third kappa shape index (κ3) is 5.49. The SMILES string of the molecule is CCS(=O)(=O)c1ccc(C(=O)N(CCCN2CCOCC2)c2nc3cc(C)cc(C)c3s2)cc1. The van der Waals surface area contributed by atoms with Crippen molar-refractivity contribution in [2.24, 2.45) is 0 Å². The minimum Gasteiger partial charge on any atom is -0.379 e. The number of carbonyl (C=O) groups excluding carboxylic acids is 1. The zero-order valence-electron chi connectivity index (χ0n) is 19.9. The number of anilines is 1. The molecular weight excluding hydrogens is 470 g/mol. The van der Waals surface area contributed by atoms with Crippen LogP contribution in [0.25, 0.3) is 10.2 Å². The Hall–Kier alpha value is -2.33. The Kier molecular flexibility index (Phi) is 7.67. The van der Waals surface area contributed by atoms with E-state index in [9.17, 15) is 13.2 Å². The molecule has 2 aromatic carbocycles. The number of nitrogens with zero attached hydrogens (tertiary/aromatic N) is 3. The number of morpholine rings is 1. The van der Waals surface area contributed by atoms with Crippen molar-refractivity contribution in [1.29, 1.82) is 0 Å². The number of hydrogen-bond acceptors (Lipinski definition) is 7. The van der Waals surface area contributed by atoms with E-state index in [2.05, 4.69) is 17.9 Å². The van der Waals surface area contributed by atoms with Gasteiger partial charge in [0.15, 0.2) is 15.0 Å². The van der Waals surface area contributed by atoms with E-state index in [1.807, 2.05) is 13.0 Å². The fourth-order valence-electron chi connectivity index (χ4n) is 4.17. The first-order valence-electron chi connectivity index (χ1n) is 11.6. The zero-order chi connectivity index (χ0) is 24.3. The van der Waals surface area contributed by atoms with Crippen LogP contribution in [0.5, 0.6) is 0 Å². The molecule has 3 aromatic rings. The van der Waals surface area contributed by atoms with Gasteiger partial charge in [0.05, 0.1) is 34.1 Å². The van der Waals surface area contributed by atoms with Crippen molar-refractivity contribution < 1.29 is 17.9 Å². The molecule has 0 spiro atoms. The lowest BCUT2D eigenvalue weighted by Gasteiger charge is -2.27. The summed E-state index contributed by atoms with van der Waals surface area (Å²) in [5, 5.41) is 0.668. The van der Waals surface area contributed by atoms with Gasteiger partial charge in [-0.05, 0) is 61.7 Å². The third-order valence-corrected chi connectivity index (χ3v) is 9.07. The molecule has 9 heteroatoms. The predicted octanol–water partition coefficient (Wildman–Crippen LogP) is 4.08. The van der Waals surface area contributed by atoms with E-state index in [-0.39, 0.29) is 16.6 Å². The first-order valence-corrected chi connectivity index (χ1v) is 14.1. The molecule has 4 rings (SSSR count). The standard InChI is InChI=1S/C25H31N3O4S2/c1-4-34(30,31)21-8-6-20(7-9-21)24(29)28(11-5-10-27-12-14-32-15-13-27)25-26-22-17-18(2)16-19(3)23(22)33-25/h6-9,16-17H,4-5,10-15H2,1-3H3. The molecule has 0 saturated carbocycles. The lowest BCUT2D eigenvalue weighted by atomic mass is 10.1. The van der Waals surface area contributed by atoms with Crippen molar-refractivity contribution in [3.8, 4) is 0 Å². The second kappa shape index (κ2) is 10.5. The van der Waals surface area contributed by atoms with Crippen molar-refractivity contribution in [3.05, 3.63) is 53.1 Å². The van der Waals surface area contributed by atoms with Crippen molar-refractivity contribution >= 4 is 42.4 Å². The molecule has 0 atom stereocenters. The van der Waals surface area contributed by atoms with Crippen LogP contribution < -0.4 is 4.90 Å². The van der Waals surface area contributed by atoms with Crippen LogP contribution in [0, 0.1) is 13.8 Å². The minimum absolute atomic E-state index is 0.0262.